The fourth-order valence-electron chi connectivity index (χ4n) is 1.89. The maximum Gasteiger partial charge on any atom is 0.122 e. The largest absolute Gasteiger partial charge is 0.496 e. The van der Waals surface area contributed by atoms with Crippen molar-refractivity contribution in [2.45, 2.75) is 19.8 Å². The molecule has 17 heavy (non-hydrogen) atoms. The lowest BCUT2D eigenvalue weighted by Crippen LogP contribution is -2.24. The van der Waals surface area contributed by atoms with Gasteiger partial charge in [0.25, 0.3) is 0 Å². The van der Waals surface area contributed by atoms with Gasteiger partial charge in [0.05, 0.1) is 7.11 Å². The summed E-state index contributed by atoms with van der Waals surface area (Å²) in [6.45, 7) is 4.98. The molecule has 0 aromatic heterocycles. The third-order valence-electron chi connectivity index (χ3n) is 2.94. The van der Waals surface area contributed by atoms with Crippen LogP contribution in [0, 0.1) is 6.92 Å². The molecule has 0 aliphatic rings. The van der Waals surface area contributed by atoms with E-state index in [0.29, 0.717) is 0 Å². The first-order chi connectivity index (χ1) is 8.17. The van der Waals surface area contributed by atoms with Gasteiger partial charge >= 0.3 is 0 Å². The number of likely N-dealkylation sites (N-methyl/N-ethyl adjacent to an activating group) is 1. The number of hydrogen-bond donors (Lipinski definition) is 1. The topological polar surface area (TPSA) is 38.5 Å². The van der Waals surface area contributed by atoms with E-state index < -0.39 is 0 Å². The Labute approximate surface area is 105 Å². The zero-order valence-corrected chi connectivity index (χ0v) is 11.2. The molecule has 0 atom stereocenters. The molecule has 0 heterocycles. The van der Waals surface area contributed by atoms with E-state index in [1.54, 1.807) is 7.11 Å². The number of nitrogens with zero attached hydrogens (tertiary/aromatic N) is 1. The number of rotatable bonds is 7. The second kappa shape index (κ2) is 7.30. The molecule has 1 rings (SSSR count). The lowest BCUT2D eigenvalue weighted by atomic mass is 10.1. The Morgan fingerprint density at radius 2 is 2.06 bits per heavy atom. The van der Waals surface area contributed by atoms with Crippen LogP contribution in [0.25, 0.3) is 0 Å². The molecule has 0 aliphatic heterocycles. The van der Waals surface area contributed by atoms with Crippen LogP contribution in [-0.4, -0.2) is 38.7 Å². The van der Waals surface area contributed by atoms with Crippen molar-refractivity contribution in [3.8, 4) is 5.75 Å². The van der Waals surface area contributed by atoms with Gasteiger partial charge in [-0.25, -0.2) is 0 Å². The van der Waals surface area contributed by atoms with Gasteiger partial charge in [-0.2, -0.15) is 0 Å². The molecule has 0 radical (unpaired) electrons. The SMILES string of the molecule is COc1ccc(C)cc1CCN(C)CCCN. The van der Waals surface area contributed by atoms with Gasteiger partial charge in [-0.05, 0) is 51.5 Å². The van der Waals surface area contributed by atoms with E-state index >= 15 is 0 Å². The maximum atomic E-state index is 5.50. The van der Waals surface area contributed by atoms with Gasteiger partial charge < -0.3 is 15.4 Å². The minimum atomic E-state index is 0.762. The summed E-state index contributed by atoms with van der Waals surface area (Å²) in [6, 6.07) is 6.33. The molecule has 2 N–H and O–H groups in total. The quantitative estimate of drug-likeness (QED) is 0.785. The van der Waals surface area contributed by atoms with Crippen molar-refractivity contribution >= 4 is 0 Å². The van der Waals surface area contributed by atoms with Crippen LogP contribution in [0.5, 0.6) is 5.75 Å². The number of methoxy groups -OCH3 is 1. The van der Waals surface area contributed by atoms with Crippen LogP contribution in [0.15, 0.2) is 18.2 Å². The predicted molar refractivity (Wildman–Crippen MR) is 72.6 cm³/mol. The van der Waals surface area contributed by atoms with Crippen LogP contribution in [0.4, 0.5) is 0 Å². The van der Waals surface area contributed by atoms with E-state index in [1.807, 2.05) is 6.07 Å². The molecule has 0 bridgehead atoms. The molecule has 96 valence electrons. The number of ether oxygens (including phenoxy) is 1. The zero-order chi connectivity index (χ0) is 12.7. The van der Waals surface area contributed by atoms with Crippen molar-refractivity contribution < 1.29 is 4.74 Å². The Hall–Kier alpha value is -1.06. The molecule has 0 amide bonds. The molecule has 0 unspecified atom stereocenters. The summed E-state index contributed by atoms with van der Waals surface area (Å²) in [6.07, 6.45) is 2.08. The number of benzene rings is 1. The highest BCUT2D eigenvalue weighted by Gasteiger charge is 2.05. The average molecular weight is 236 g/mol. The van der Waals surface area contributed by atoms with Crippen molar-refractivity contribution in [1.29, 1.82) is 0 Å². The van der Waals surface area contributed by atoms with Gasteiger partial charge in [0.2, 0.25) is 0 Å². The molecule has 0 saturated carbocycles. The Morgan fingerprint density at radius 1 is 1.29 bits per heavy atom. The average Bonchev–Trinajstić information content (AvgIpc) is 2.34. The van der Waals surface area contributed by atoms with Crippen LogP contribution in [-0.2, 0) is 6.42 Å². The highest BCUT2D eigenvalue weighted by Crippen LogP contribution is 2.20. The van der Waals surface area contributed by atoms with Gasteiger partial charge in [-0.3, -0.25) is 0 Å². The number of aryl methyl sites for hydroxylation is 1. The highest BCUT2D eigenvalue weighted by atomic mass is 16.5. The normalized spacial score (nSPS) is 10.9. The van der Waals surface area contributed by atoms with E-state index in [9.17, 15) is 0 Å². The van der Waals surface area contributed by atoms with E-state index in [2.05, 4.69) is 31.0 Å². The van der Waals surface area contributed by atoms with Crippen molar-refractivity contribution in [1.82, 2.24) is 4.90 Å². The van der Waals surface area contributed by atoms with E-state index in [4.69, 9.17) is 10.5 Å². The monoisotopic (exact) mass is 236 g/mol. The Balaban J connectivity index is 2.52. The van der Waals surface area contributed by atoms with Gasteiger partial charge in [-0.1, -0.05) is 17.7 Å². The lowest BCUT2D eigenvalue weighted by molar-refractivity contribution is 0.332. The molecule has 1 aromatic carbocycles. The van der Waals surface area contributed by atoms with Crippen LogP contribution >= 0.6 is 0 Å². The van der Waals surface area contributed by atoms with E-state index in [-0.39, 0.29) is 0 Å². The Kier molecular flexibility index (Phi) is 6.01. The summed E-state index contributed by atoms with van der Waals surface area (Å²) in [5.74, 6) is 0.989. The minimum absolute atomic E-state index is 0.762. The van der Waals surface area contributed by atoms with Crippen molar-refractivity contribution in [2.24, 2.45) is 5.73 Å². The zero-order valence-electron chi connectivity index (χ0n) is 11.2. The van der Waals surface area contributed by atoms with Crippen molar-refractivity contribution in [3.05, 3.63) is 29.3 Å². The first-order valence-corrected chi connectivity index (χ1v) is 6.19. The molecule has 0 saturated heterocycles. The van der Waals surface area contributed by atoms with Crippen LogP contribution in [0.3, 0.4) is 0 Å². The van der Waals surface area contributed by atoms with E-state index in [1.165, 1.54) is 11.1 Å². The molecular formula is C14H24N2O. The third-order valence-corrected chi connectivity index (χ3v) is 2.94. The second-order valence-electron chi connectivity index (χ2n) is 4.51. The summed E-state index contributed by atoms with van der Waals surface area (Å²) in [7, 11) is 3.87. The van der Waals surface area contributed by atoms with Crippen molar-refractivity contribution in [2.75, 3.05) is 33.8 Å². The maximum absolute atomic E-state index is 5.50. The second-order valence-corrected chi connectivity index (χ2v) is 4.51. The molecule has 3 nitrogen and oxygen atoms in total. The van der Waals surface area contributed by atoms with Crippen LogP contribution < -0.4 is 10.5 Å². The predicted octanol–water partition coefficient (Wildman–Crippen LogP) is 1.83. The Morgan fingerprint density at radius 3 is 2.71 bits per heavy atom. The highest BCUT2D eigenvalue weighted by molar-refractivity contribution is 5.37. The molecule has 3 heteroatoms. The standard InChI is InChI=1S/C14H24N2O/c1-12-5-6-14(17-3)13(11-12)7-10-16(2)9-4-8-15/h5-6,11H,4,7-10,15H2,1-3H3. The van der Waals surface area contributed by atoms with Gasteiger partial charge in [0, 0.05) is 6.54 Å². The van der Waals surface area contributed by atoms with Gasteiger partial charge in [0.1, 0.15) is 5.75 Å². The fourth-order valence-corrected chi connectivity index (χ4v) is 1.89. The Bertz CT molecular complexity index is 339. The summed E-state index contributed by atoms with van der Waals surface area (Å²) < 4.78 is 5.38. The molecule has 0 spiro atoms. The molecule has 0 fully saturated rings. The summed E-state index contributed by atoms with van der Waals surface area (Å²) in [5.41, 5.74) is 8.07. The van der Waals surface area contributed by atoms with Gasteiger partial charge in [-0.15, -0.1) is 0 Å². The third kappa shape index (κ3) is 4.75. The van der Waals surface area contributed by atoms with Crippen LogP contribution in [0.2, 0.25) is 0 Å². The fraction of sp³-hybridized carbons (Fsp3) is 0.571. The van der Waals surface area contributed by atoms with Gasteiger partial charge in [0.15, 0.2) is 0 Å². The van der Waals surface area contributed by atoms with E-state index in [0.717, 1.165) is 38.2 Å². The first kappa shape index (κ1) is 14.0. The summed E-state index contributed by atoms with van der Waals surface area (Å²) >= 11 is 0. The molecular weight excluding hydrogens is 212 g/mol. The van der Waals surface area contributed by atoms with Crippen molar-refractivity contribution in [3.63, 3.8) is 0 Å². The number of hydrogen-bond acceptors (Lipinski definition) is 3. The smallest absolute Gasteiger partial charge is 0.122 e. The molecule has 0 aliphatic carbocycles. The van der Waals surface area contributed by atoms with Crippen LogP contribution in [0.1, 0.15) is 17.5 Å². The first-order valence-electron chi connectivity index (χ1n) is 6.19. The lowest BCUT2D eigenvalue weighted by Gasteiger charge is -2.17. The molecule has 1 aromatic rings. The summed E-state index contributed by atoms with van der Waals surface area (Å²) in [4.78, 5) is 2.31. The summed E-state index contributed by atoms with van der Waals surface area (Å²) in [5, 5.41) is 0. The number of nitrogens with two attached hydrogens (primary N) is 1. The minimum Gasteiger partial charge on any atom is -0.496 e.